The van der Waals surface area contributed by atoms with Gasteiger partial charge in [0.1, 0.15) is 0 Å². The van der Waals surface area contributed by atoms with E-state index in [1.54, 1.807) is 24.5 Å². The molecule has 0 fully saturated rings. The molecule has 1 amide bonds. The van der Waals surface area contributed by atoms with E-state index in [4.69, 9.17) is 0 Å². The molecule has 21 heavy (non-hydrogen) atoms. The first-order valence-electron chi connectivity index (χ1n) is 7.04. The van der Waals surface area contributed by atoms with E-state index in [9.17, 15) is 4.79 Å². The van der Waals surface area contributed by atoms with E-state index < -0.39 is 0 Å². The van der Waals surface area contributed by atoms with Crippen molar-refractivity contribution in [1.29, 1.82) is 0 Å². The Kier molecular flexibility index (Phi) is 3.70. The average Bonchev–Trinajstić information content (AvgIpc) is 2.89. The van der Waals surface area contributed by atoms with Crippen LogP contribution < -0.4 is 0 Å². The third-order valence-electron chi connectivity index (χ3n) is 3.68. The van der Waals surface area contributed by atoms with E-state index in [2.05, 4.69) is 20.1 Å². The smallest absolute Gasteiger partial charge is 0.255 e. The van der Waals surface area contributed by atoms with Gasteiger partial charge in [-0.2, -0.15) is 5.10 Å². The van der Waals surface area contributed by atoms with E-state index in [1.165, 1.54) is 5.56 Å². The van der Waals surface area contributed by atoms with Gasteiger partial charge in [-0.3, -0.25) is 14.9 Å². The summed E-state index contributed by atoms with van der Waals surface area (Å²) >= 11 is 0. The molecule has 1 N–H and O–H groups in total. The van der Waals surface area contributed by atoms with Crippen molar-refractivity contribution in [3.63, 3.8) is 0 Å². The molecular formula is C15H19N5O. The molecule has 2 aromatic heterocycles. The molecule has 6 nitrogen and oxygen atoms in total. The van der Waals surface area contributed by atoms with Crippen molar-refractivity contribution in [2.24, 2.45) is 0 Å². The Labute approximate surface area is 123 Å². The summed E-state index contributed by atoms with van der Waals surface area (Å²) in [6.45, 7) is 2.13. The quantitative estimate of drug-likeness (QED) is 0.916. The van der Waals surface area contributed by atoms with Crippen LogP contribution in [0.4, 0.5) is 0 Å². The number of carbonyl (C=O) groups is 1. The first-order chi connectivity index (χ1) is 10.1. The third-order valence-corrected chi connectivity index (χ3v) is 3.68. The molecule has 0 atom stereocenters. The Bertz CT molecular complexity index is 635. The summed E-state index contributed by atoms with van der Waals surface area (Å²) in [7, 11) is 4.06. The fraction of sp³-hybridized carbons (Fsp3) is 0.400. The third kappa shape index (κ3) is 2.80. The summed E-state index contributed by atoms with van der Waals surface area (Å²) in [5.74, 6) is 0.0255. The SMILES string of the molecule is CN(C)Cc1n[nH]c2c1CCN(C(=O)c1cccnc1)C2. The topological polar surface area (TPSA) is 65.1 Å². The van der Waals surface area contributed by atoms with Gasteiger partial charge in [0.25, 0.3) is 5.91 Å². The van der Waals surface area contributed by atoms with Crippen molar-refractivity contribution in [2.45, 2.75) is 19.5 Å². The molecule has 3 rings (SSSR count). The number of aromatic amines is 1. The molecule has 0 saturated heterocycles. The number of H-pyrrole nitrogens is 1. The highest BCUT2D eigenvalue weighted by atomic mass is 16.2. The molecule has 0 aromatic carbocycles. The van der Waals surface area contributed by atoms with Crippen molar-refractivity contribution < 1.29 is 4.79 Å². The molecule has 2 aromatic rings. The Morgan fingerprint density at radius 2 is 2.33 bits per heavy atom. The van der Waals surface area contributed by atoms with Gasteiger partial charge in [-0.05, 0) is 32.6 Å². The Balaban J connectivity index is 1.76. The Morgan fingerprint density at radius 3 is 3.05 bits per heavy atom. The highest BCUT2D eigenvalue weighted by Crippen LogP contribution is 2.22. The number of aromatic nitrogens is 3. The molecular weight excluding hydrogens is 266 g/mol. The van der Waals surface area contributed by atoms with Gasteiger partial charge in [-0.15, -0.1) is 0 Å². The van der Waals surface area contributed by atoms with E-state index in [1.807, 2.05) is 19.0 Å². The number of nitrogens with one attached hydrogen (secondary N) is 1. The summed E-state index contributed by atoms with van der Waals surface area (Å²) in [5, 5.41) is 7.47. The largest absolute Gasteiger partial charge is 0.332 e. The van der Waals surface area contributed by atoms with E-state index in [-0.39, 0.29) is 5.91 Å². The molecule has 1 aliphatic heterocycles. The lowest BCUT2D eigenvalue weighted by atomic mass is 10.0. The zero-order valence-electron chi connectivity index (χ0n) is 12.3. The minimum Gasteiger partial charge on any atom is -0.332 e. The van der Waals surface area contributed by atoms with Crippen LogP contribution in [0, 0.1) is 0 Å². The number of fused-ring (bicyclic) bond motifs is 1. The van der Waals surface area contributed by atoms with Crippen molar-refractivity contribution in [3.05, 3.63) is 47.0 Å². The summed E-state index contributed by atoms with van der Waals surface area (Å²) in [4.78, 5) is 20.4. The van der Waals surface area contributed by atoms with Crippen molar-refractivity contribution >= 4 is 5.91 Å². The minimum atomic E-state index is 0.0255. The lowest BCUT2D eigenvalue weighted by molar-refractivity contribution is 0.0732. The monoisotopic (exact) mass is 285 g/mol. The molecule has 0 spiro atoms. The van der Waals surface area contributed by atoms with Crippen molar-refractivity contribution in [3.8, 4) is 0 Å². The first-order valence-corrected chi connectivity index (χ1v) is 7.04. The van der Waals surface area contributed by atoms with Gasteiger partial charge in [0.2, 0.25) is 0 Å². The molecule has 0 unspecified atom stereocenters. The number of pyridine rings is 1. The number of hydrogen-bond donors (Lipinski definition) is 1. The molecule has 1 aliphatic rings. The Morgan fingerprint density at radius 1 is 1.48 bits per heavy atom. The lowest BCUT2D eigenvalue weighted by Gasteiger charge is -2.27. The molecule has 0 saturated carbocycles. The van der Waals surface area contributed by atoms with Crippen LogP contribution in [-0.2, 0) is 19.5 Å². The normalized spacial score (nSPS) is 14.3. The predicted molar refractivity (Wildman–Crippen MR) is 78.7 cm³/mol. The maximum atomic E-state index is 12.4. The molecule has 0 bridgehead atoms. The molecule has 110 valence electrons. The van der Waals surface area contributed by atoms with Gasteiger partial charge in [-0.1, -0.05) is 0 Å². The maximum absolute atomic E-state index is 12.4. The van der Waals surface area contributed by atoms with Crippen LogP contribution in [0.5, 0.6) is 0 Å². The van der Waals surface area contributed by atoms with Crippen LogP contribution >= 0.6 is 0 Å². The average molecular weight is 285 g/mol. The van der Waals surface area contributed by atoms with E-state index >= 15 is 0 Å². The number of nitrogens with zero attached hydrogens (tertiary/aromatic N) is 4. The van der Waals surface area contributed by atoms with E-state index in [0.29, 0.717) is 12.1 Å². The van der Waals surface area contributed by atoms with Crippen LogP contribution in [0.2, 0.25) is 0 Å². The lowest BCUT2D eigenvalue weighted by Crippen LogP contribution is -2.36. The summed E-state index contributed by atoms with van der Waals surface area (Å²) in [6, 6.07) is 3.59. The van der Waals surface area contributed by atoms with Crippen molar-refractivity contribution in [2.75, 3.05) is 20.6 Å². The zero-order chi connectivity index (χ0) is 14.8. The second kappa shape index (κ2) is 5.65. The van der Waals surface area contributed by atoms with Crippen LogP contribution in [0.3, 0.4) is 0 Å². The van der Waals surface area contributed by atoms with Gasteiger partial charge >= 0.3 is 0 Å². The highest BCUT2D eigenvalue weighted by Gasteiger charge is 2.25. The highest BCUT2D eigenvalue weighted by molar-refractivity contribution is 5.93. The second-order valence-electron chi connectivity index (χ2n) is 5.58. The fourth-order valence-corrected chi connectivity index (χ4v) is 2.66. The number of hydrogen-bond acceptors (Lipinski definition) is 4. The van der Waals surface area contributed by atoms with Crippen LogP contribution in [-0.4, -0.2) is 51.5 Å². The van der Waals surface area contributed by atoms with E-state index in [0.717, 1.165) is 30.9 Å². The van der Waals surface area contributed by atoms with Gasteiger partial charge in [-0.25, -0.2) is 0 Å². The number of carbonyl (C=O) groups excluding carboxylic acids is 1. The molecule has 6 heteroatoms. The van der Waals surface area contributed by atoms with Gasteiger partial charge in [0.05, 0.1) is 23.5 Å². The number of rotatable bonds is 3. The standard InChI is InChI=1S/C15H19N5O/c1-19(2)9-13-12-5-7-20(10-14(12)18-17-13)15(21)11-4-3-6-16-8-11/h3-4,6,8H,5,7,9-10H2,1-2H3,(H,17,18). The second-order valence-corrected chi connectivity index (χ2v) is 5.58. The zero-order valence-corrected chi connectivity index (χ0v) is 12.3. The van der Waals surface area contributed by atoms with Gasteiger partial charge < -0.3 is 9.80 Å². The van der Waals surface area contributed by atoms with Crippen LogP contribution in [0.25, 0.3) is 0 Å². The Hall–Kier alpha value is -2.21. The summed E-state index contributed by atoms with van der Waals surface area (Å²) in [6.07, 6.45) is 4.14. The van der Waals surface area contributed by atoms with Gasteiger partial charge in [0, 0.05) is 31.0 Å². The minimum absolute atomic E-state index is 0.0255. The predicted octanol–water partition coefficient (Wildman–Crippen LogP) is 1.06. The summed E-state index contributed by atoms with van der Waals surface area (Å²) in [5.41, 5.74) is 4.03. The van der Waals surface area contributed by atoms with Crippen LogP contribution in [0.1, 0.15) is 27.3 Å². The first kappa shape index (κ1) is 13.8. The molecule has 0 aliphatic carbocycles. The summed E-state index contributed by atoms with van der Waals surface area (Å²) < 4.78 is 0. The molecule has 0 radical (unpaired) electrons. The van der Waals surface area contributed by atoms with Gasteiger partial charge in [0.15, 0.2) is 0 Å². The maximum Gasteiger partial charge on any atom is 0.255 e. The van der Waals surface area contributed by atoms with Crippen molar-refractivity contribution in [1.82, 2.24) is 25.0 Å². The van der Waals surface area contributed by atoms with Crippen LogP contribution in [0.15, 0.2) is 24.5 Å². The molecule has 3 heterocycles. The number of amides is 1. The fourth-order valence-electron chi connectivity index (χ4n) is 2.66.